The maximum atomic E-state index is 3.39. The van der Waals surface area contributed by atoms with E-state index in [4.69, 9.17) is 0 Å². The summed E-state index contributed by atoms with van der Waals surface area (Å²) < 4.78 is 0. The van der Waals surface area contributed by atoms with Crippen molar-refractivity contribution in [2.45, 2.75) is 37.6 Å². The smallest absolute Gasteiger partial charge is 0.0105 e. The average Bonchev–Trinajstić information content (AvgIpc) is 2.72. The van der Waals surface area contributed by atoms with Crippen molar-refractivity contribution in [2.24, 2.45) is 0 Å². The lowest BCUT2D eigenvalue weighted by molar-refractivity contribution is 0.475. The summed E-state index contributed by atoms with van der Waals surface area (Å²) in [6.07, 6.45) is 3.95. The van der Waals surface area contributed by atoms with Gasteiger partial charge in [0.05, 0.1) is 0 Å². The molecule has 13 heavy (non-hydrogen) atoms. The zero-order valence-electron chi connectivity index (χ0n) is 8.34. The minimum atomic E-state index is 0.446. The summed E-state index contributed by atoms with van der Waals surface area (Å²) >= 11 is 1.90. The highest BCUT2D eigenvalue weighted by molar-refractivity contribution is 7.10. The van der Waals surface area contributed by atoms with Gasteiger partial charge in [-0.2, -0.15) is 0 Å². The summed E-state index contributed by atoms with van der Waals surface area (Å²) in [4.78, 5) is 1.56. The Balaban J connectivity index is 2.15. The molecule has 0 aromatic carbocycles. The van der Waals surface area contributed by atoms with Crippen LogP contribution < -0.4 is 5.32 Å². The first-order chi connectivity index (χ1) is 6.24. The van der Waals surface area contributed by atoms with Gasteiger partial charge in [0, 0.05) is 16.3 Å². The molecule has 0 spiro atoms. The zero-order chi connectivity index (χ0) is 9.31. The Bertz CT molecular complexity index is 268. The predicted molar refractivity (Wildman–Crippen MR) is 58.4 cm³/mol. The average molecular weight is 195 g/mol. The molecule has 0 amide bonds. The van der Waals surface area contributed by atoms with Crippen molar-refractivity contribution in [3.8, 4) is 0 Å². The van der Waals surface area contributed by atoms with Gasteiger partial charge in [-0.25, -0.2) is 0 Å². The number of rotatable bonds is 2. The van der Waals surface area contributed by atoms with E-state index >= 15 is 0 Å². The summed E-state index contributed by atoms with van der Waals surface area (Å²) in [5.41, 5.74) is 0.446. The van der Waals surface area contributed by atoms with Crippen LogP contribution in [0.4, 0.5) is 0 Å². The third-order valence-electron chi connectivity index (χ3n) is 3.27. The highest BCUT2D eigenvalue weighted by atomic mass is 32.1. The highest BCUT2D eigenvalue weighted by Crippen LogP contribution is 2.42. The number of nitrogens with one attached hydrogen (secondary N) is 1. The van der Waals surface area contributed by atoms with Gasteiger partial charge >= 0.3 is 0 Å². The van der Waals surface area contributed by atoms with Gasteiger partial charge in [-0.1, -0.05) is 13.0 Å². The van der Waals surface area contributed by atoms with Crippen molar-refractivity contribution < 1.29 is 0 Å². The van der Waals surface area contributed by atoms with Crippen LogP contribution in [0.15, 0.2) is 17.5 Å². The van der Waals surface area contributed by atoms with Crippen LogP contribution in [0, 0.1) is 0 Å². The van der Waals surface area contributed by atoms with Gasteiger partial charge < -0.3 is 5.32 Å². The van der Waals surface area contributed by atoms with Gasteiger partial charge in [-0.3, -0.25) is 0 Å². The second kappa shape index (κ2) is 3.43. The fraction of sp³-hybridized carbons (Fsp3) is 0.636. The Labute approximate surface area is 84.2 Å². The molecule has 2 unspecified atom stereocenters. The molecule has 0 aliphatic heterocycles. The molecule has 0 radical (unpaired) electrons. The van der Waals surface area contributed by atoms with Crippen molar-refractivity contribution in [3.05, 3.63) is 22.4 Å². The van der Waals surface area contributed by atoms with Gasteiger partial charge in [0.1, 0.15) is 0 Å². The Morgan fingerprint density at radius 1 is 1.62 bits per heavy atom. The molecule has 1 aliphatic rings. The van der Waals surface area contributed by atoms with E-state index in [2.05, 4.69) is 36.8 Å². The maximum Gasteiger partial charge on any atom is 0.0105 e. The number of hydrogen-bond acceptors (Lipinski definition) is 2. The van der Waals surface area contributed by atoms with Gasteiger partial charge in [0.25, 0.3) is 0 Å². The van der Waals surface area contributed by atoms with E-state index in [9.17, 15) is 0 Å². The van der Waals surface area contributed by atoms with Crippen LogP contribution in [0.2, 0.25) is 0 Å². The van der Waals surface area contributed by atoms with Crippen molar-refractivity contribution >= 4 is 11.3 Å². The SMILES string of the molecule is CNC1CCC(C)(c2cccs2)C1. The summed E-state index contributed by atoms with van der Waals surface area (Å²) in [6, 6.07) is 5.17. The minimum Gasteiger partial charge on any atom is -0.317 e. The molecule has 1 aliphatic carbocycles. The second-order valence-corrected chi connectivity index (χ2v) is 5.21. The first-order valence-corrected chi connectivity index (χ1v) is 5.84. The lowest BCUT2D eigenvalue weighted by Crippen LogP contribution is -2.25. The van der Waals surface area contributed by atoms with Crippen LogP contribution in [0.5, 0.6) is 0 Å². The van der Waals surface area contributed by atoms with Crippen molar-refractivity contribution in [1.82, 2.24) is 5.32 Å². The van der Waals surface area contributed by atoms with Crippen LogP contribution in [0.1, 0.15) is 31.1 Å². The largest absolute Gasteiger partial charge is 0.317 e. The molecule has 1 aromatic heterocycles. The third-order valence-corrected chi connectivity index (χ3v) is 4.44. The molecule has 2 rings (SSSR count). The highest BCUT2D eigenvalue weighted by Gasteiger charge is 2.36. The zero-order valence-corrected chi connectivity index (χ0v) is 9.16. The quantitative estimate of drug-likeness (QED) is 0.765. The fourth-order valence-electron chi connectivity index (χ4n) is 2.33. The molecule has 0 bridgehead atoms. The molecule has 2 heteroatoms. The van der Waals surface area contributed by atoms with Crippen molar-refractivity contribution in [3.63, 3.8) is 0 Å². The lowest BCUT2D eigenvalue weighted by atomic mass is 9.87. The summed E-state index contributed by atoms with van der Waals surface area (Å²) in [5.74, 6) is 0. The van der Waals surface area contributed by atoms with Crippen LogP contribution in [0.3, 0.4) is 0 Å². The molecule has 2 atom stereocenters. The number of hydrogen-bond donors (Lipinski definition) is 1. The van der Waals surface area contributed by atoms with E-state index in [-0.39, 0.29) is 0 Å². The third kappa shape index (κ3) is 1.65. The fourth-order valence-corrected chi connectivity index (χ4v) is 3.26. The molecule has 1 fully saturated rings. The van der Waals surface area contributed by atoms with Gasteiger partial charge in [0.15, 0.2) is 0 Å². The number of thiophene rings is 1. The summed E-state index contributed by atoms with van der Waals surface area (Å²) in [7, 11) is 2.07. The Morgan fingerprint density at radius 3 is 3.00 bits per heavy atom. The Kier molecular flexibility index (Phi) is 2.43. The van der Waals surface area contributed by atoms with E-state index in [1.54, 1.807) is 4.88 Å². The van der Waals surface area contributed by atoms with E-state index in [0.717, 1.165) is 6.04 Å². The molecular formula is C11H17NS. The molecule has 1 nitrogen and oxygen atoms in total. The van der Waals surface area contributed by atoms with Crippen molar-refractivity contribution in [2.75, 3.05) is 7.05 Å². The molecular weight excluding hydrogens is 178 g/mol. The molecule has 1 N–H and O–H groups in total. The maximum absolute atomic E-state index is 3.39. The molecule has 1 aromatic rings. The predicted octanol–water partition coefficient (Wildman–Crippen LogP) is 2.78. The van der Waals surface area contributed by atoms with Crippen LogP contribution >= 0.6 is 11.3 Å². The lowest BCUT2D eigenvalue weighted by Gasteiger charge is -2.22. The standard InChI is InChI=1S/C11H17NS/c1-11(10-4-3-7-13-10)6-5-9(8-11)12-2/h3-4,7,9,12H,5-6,8H2,1-2H3. The topological polar surface area (TPSA) is 12.0 Å². The first-order valence-electron chi connectivity index (χ1n) is 4.96. The van der Waals surface area contributed by atoms with Crippen molar-refractivity contribution in [1.29, 1.82) is 0 Å². The second-order valence-electron chi connectivity index (χ2n) is 4.27. The molecule has 0 saturated heterocycles. The van der Waals surface area contributed by atoms with E-state index in [1.165, 1.54) is 19.3 Å². The Hall–Kier alpha value is -0.340. The van der Waals surface area contributed by atoms with Crippen LogP contribution in [0.25, 0.3) is 0 Å². The monoisotopic (exact) mass is 195 g/mol. The summed E-state index contributed by atoms with van der Waals surface area (Å²) in [5, 5.41) is 5.57. The molecule has 1 saturated carbocycles. The minimum absolute atomic E-state index is 0.446. The van der Waals surface area contributed by atoms with E-state index < -0.39 is 0 Å². The van der Waals surface area contributed by atoms with Gasteiger partial charge in [0.2, 0.25) is 0 Å². The Morgan fingerprint density at radius 2 is 2.46 bits per heavy atom. The van der Waals surface area contributed by atoms with Crippen LogP contribution in [-0.2, 0) is 5.41 Å². The summed E-state index contributed by atoms with van der Waals surface area (Å²) in [6.45, 7) is 2.40. The molecule has 72 valence electrons. The van der Waals surface area contributed by atoms with Gasteiger partial charge in [-0.15, -0.1) is 11.3 Å². The van der Waals surface area contributed by atoms with E-state index in [0.29, 0.717) is 5.41 Å². The van der Waals surface area contributed by atoms with Gasteiger partial charge in [-0.05, 0) is 37.8 Å². The first kappa shape index (κ1) is 9.22. The molecule has 1 heterocycles. The van der Waals surface area contributed by atoms with Crippen LogP contribution in [-0.4, -0.2) is 13.1 Å². The van der Waals surface area contributed by atoms with E-state index in [1.807, 2.05) is 11.3 Å². The normalized spacial score (nSPS) is 33.8.